The van der Waals surface area contributed by atoms with Crippen LogP contribution in [0.25, 0.3) is 5.65 Å². The molecule has 23 heavy (non-hydrogen) atoms. The third-order valence-corrected chi connectivity index (χ3v) is 3.76. The summed E-state index contributed by atoms with van der Waals surface area (Å²) in [4.78, 5) is 4.45. The van der Waals surface area contributed by atoms with E-state index in [0.29, 0.717) is 0 Å². The predicted molar refractivity (Wildman–Crippen MR) is 88.6 cm³/mol. The van der Waals surface area contributed by atoms with E-state index >= 15 is 0 Å². The Morgan fingerprint density at radius 2 is 1.78 bits per heavy atom. The highest BCUT2D eigenvalue weighted by molar-refractivity contribution is 5.51. The van der Waals surface area contributed by atoms with Crippen molar-refractivity contribution in [2.24, 2.45) is 0 Å². The smallest absolute Gasteiger partial charge is 0.157 e. The molecule has 120 valence electrons. The second kappa shape index (κ2) is 5.89. The normalized spacial score (nSPS) is 13.9. The van der Waals surface area contributed by atoms with Gasteiger partial charge in [-0.1, -0.05) is 12.1 Å². The van der Waals surface area contributed by atoms with E-state index in [9.17, 15) is 10.2 Å². The van der Waals surface area contributed by atoms with Gasteiger partial charge in [0.15, 0.2) is 5.65 Å². The number of anilines is 1. The fourth-order valence-electron chi connectivity index (χ4n) is 2.59. The highest BCUT2D eigenvalue weighted by Gasteiger charge is 2.18. The molecule has 0 unspecified atom stereocenters. The average molecular weight is 312 g/mol. The van der Waals surface area contributed by atoms with Gasteiger partial charge >= 0.3 is 0 Å². The van der Waals surface area contributed by atoms with Crippen LogP contribution in [-0.4, -0.2) is 30.9 Å². The van der Waals surface area contributed by atoms with Gasteiger partial charge in [0.1, 0.15) is 11.6 Å². The van der Waals surface area contributed by atoms with Gasteiger partial charge in [-0.05, 0) is 38.5 Å². The molecule has 6 nitrogen and oxygen atoms in total. The minimum atomic E-state index is -0.712. The monoisotopic (exact) mass is 312 g/mol. The summed E-state index contributed by atoms with van der Waals surface area (Å²) in [7, 11) is 0. The Kier molecular flexibility index (Phi) is 3.92. The molecule has 3 aromatic rings. The number of benzene rings is 1. The standard InChI is InChI=1S/C17H20N4O2/c1-10-8-16(21-15(18-10)9-11(2)20-21)19-12(3)17(23)13-4-6-14(22)7-5-13/h4-9,12,17,19,22-23H,1-3H3/t12-,17-/m1/s1. The van der Waals surface area contributed by atoms with Crippen LogP contribution in [0.3, 0.4) is 0 Å². The van der Waals surface area contributed by atoms with Crippen molar-refractivity contribution in [1.82, 2.24) is 14.6 Å². The summed E-state index contributed by atoms with van der Waals surface area (Å²) in [6, 6.07) is 10.1. The molecule has 2 heterocycles. The van der Waals surface area contributed by atoms with Crippen LogP contribution < -0.4 is 5.32 Å². The lowest BCUT2D eigenvalue weighted by molar-refractivity contribution is 0.160. The van der Waals surface area contributed by atoms with E-state index < -0.39 is 6.10 Å². The highest BCUT2D eigenvalue weighted by atomic mass is 16.3. The average Bonchev–Trinajstić information content (AvgIpc) is 2.87. The van der Waals surface area contributed by atoms with Crippen molar-refractivity contribution in [2.75, 3.05) is 5.32 Å². The highest BCUT2D eigenvalue weighted by Crippen LogP contribution is 2.23. The molecular weight excluding hydrogens is 292 g/mol. The van der Waals surface area contributed by atoms with Gasteiger partial charge < -0.3 is 15.5 Å². The van der Waals surface area contributed by atoms with Gasteiger partial charge in [-0.2, -0.15) is 9.61 Å². The molecule has 0 saturated heterocycles. The lowest BCUT2D eigenvalue weighted by Crippen LogP contribution is -2.25. The number of rotatable bonds is 4. The van der Waals surface area contributed by atoms with Crippen molar-refractivity contribution < 1.29 is 10.2 Å². The zero-order valence-electron chi connectivity index (χ0n) is 13.4. The first kappa shape index (κ1) is 15.3. The summed E-state index contributed by atoms with van der Waals surface area (Å²) in [6.45, 7) is 5.74. The van der Waals surface area contributed by atoms with Crippen LogP contribution in [0.1, 0.15) is 30.0 Å². The van der Waals surface area contributed by atoms with Crippen LogP contribution in [0.15, 0.2) is 36.4 Å². The van der Waals surface area contributed by atoms with Gasteiger partial charge in [-0.15, -0.1) is 0 Å². The summed E-state index contributed by atoms with van der Waals surface area (Å²) in [5, 5.41) is 27.6. The number of nitrogens with one attached hydrogen (secondary N) is 1. The summed E-state index contributed by atoms with van der Waals surface area (Å²) in [5.41, 5.74) is 3.28. The number of hydrogen-bond acceptors (Lipinski definition) is 5. The minimum absolute atomic E-state index is 0.181. The van der Waals surface area contributed by atoms with Crippen molar-refractivity contribution >= 4 is 11.5 Å². The SMILES string of the molecule is Cc1cc(N[C@H](C)[C@@H](O)c2ccc(O)cc2)n2nc(C)cc2n1. The maximum absolute atomic E-state index is 10.5. The Morgan fingerprint density at radius 3 is 2.48 bits per heavy atom. The summed E-state index contributed by atoms with van der Waals surface area (Å²) >= 11 is 0. The number of hydrogen-bond donors (Lipinski definition) is 3. The van der Waals surface area contributed by atoms with Crippen LogP contribution in [0.2, 0.25) is 0 Å². The van der Waals surface area contributed by atoms with Crippen LogP contribution in [0.5, 0.6) is 5.75 Å². The van der Waals surface area contributed by atoms with E-state index in [-0.39, 0.29) is 11.8 Å². The van der Waals surface area contributed by atoms with Gasteiger partial charge in [0.25, 0.3) is 0 Å². The van der Waals surface area contributed by atoms with Crippen molar-refractivity contribution in [2.45, 2.75) is 32.9 Å². The van der Waals surface area contributed by atoms with Gasteiger partial charge in [0.2, 0.25) is 0 Å². The second-order valence-corrected chi connectivity index (χ2v) is 5.81. The molecular formula is C17H20N4O2. The van der Waals surface area contributed by atoms with E-state index in [2.05, 4.69) is 15.4 Å². The third kappa shape index (κ3) is 3.12. The van der Waals surface area contributed by atoms with Crippen molar-refractivity contribution in [3.05, 3.63) is 53.3 Å². The number of aliphatic hydroxyl groups is 1. The fraction of sp³-hybridized carbons (Fsp3) is 0.294. The van der Waals surface area contributed by atoms with Gasteiger partial charge in [-0.25, -0.2) is 4.98 Å². The van der Waals surface area contributed by atoms with Crippen molar-refractivity contribution in [3.8, 4) is 5.75 Å². The Hall–Kier alpha value is -2.60. The topological polar surface area (TPSA) is 82.7 Å². The molecule has 0 aliphatic carbocycles. The molecule has 0 aliphatic rings. The molecule has 3 rings (SSSR count). The third-order valence-electron chi connectivity index (χ3n) is 3.76. The molecule has 0 saturated carbocycles. The molecule has 0 bridgehead atoms. The quantitative estimate of drug-likeness (QED) is 0.690. The zero-order valence-corrected chi connectivity index (χ0v) is 13.4. The molecule has 2 aromatic heterocycles. The minimum Gasteiger partial charge on any atom is -0.508 e. The van der Waals surface area contributed by atoms with E-state index in [0.717, 1.165) is 28.4 Å². The first-order valence-corrected chi connectivity index (χ1v) is 7.51. The van der Waals surface area contributed by atoms with E-state index in [1.165, 1.54) is 0 Å². The first-order valence-electron chi connectivity index (χ1n) is 7.51. The van der Waals surface area contributed by atoms with E-state index in [4.69, 9.17) is 0 Å². The molecule has 0 aliphatic heterocycles. The first-order chi connectivity index (χ1) is 10.9. The van der Waals surface area contributed by atoms with Crippen LogP contribution >= 0.6 is 0 Å². The van der Waals surface area contributed by atoms with Crippen LogP contribution in [-0.2, 0) is 0 Å². The summed E-state index contributed by atoms with van der Waals surface area (Å²) in [5.74, 6) is 0.964. The van der Waals surface area contributed by atoms with Crippen LogP contribution in [0, 0.1) is 13.8 Å². The number of fused-ring (bicyclic) bond motifs is 1. The van der Waals surface area contributed by atoms with Gasteiger partial charge in [0.05, 0.1) is 17.8 Å². The number of phenolic OH excluding ortho intramolecular Hbond substituents is 1. The number of aryl methyl sites for hydroxylation is 2. The van der Waals surface area contributed by atoms with Crippen molar-refractivity contribution in [1.29, 1.82) is 0 Å². The Balaban J connectivity index is 1.87. The van der Waals surface area contributed by atoms with Gasteiger partial charge in [0, 0.05) is 17.8 Å². The summed E-state index contributed by atoms with van der Waals surface area (Å²) in [6.07, 6.45) is -0.712. The predicted octanol–water partition coefficient (Wildman–Crippen LogP) is 2.59. The molecule has 3 N–H and O–H groups in total. The van der Waals surface area contributed by atoms with E-state index in [1.54, 1.807) is 28.8 Å². The number of aromatic nitrogens is 3. The lowest BCUT2D eigenvalue weighted by Gasteiger charge is -2.22. The Labute approximate surface area is 134 Å². The Morgan fingerprint density at radius 1 is 1.09 bits per heavy atom. The number of aliphatic hydroxyl groups excluding tert-OH is 1. The number of nitrogens with zero attached hydrogens (tertiary/aromatic N) is 3. The molecule has 1 aromatic carbocycles. The largest absolute Gasteiger partial charge is 0.508 e. The molecule has 0 amide bonds. The fourth-order valence-corrected chi connectivity index (χ4v) is 2.59. The van der Waals surface area contributed by atoms with Gasteiger partial charge in [-0.3, -0.25) is 0 Å². The number of phenols is 1. The van der Waals surface area contributed by atoms with Crippen molar-refractivity contribution in [3.63, 3.8) is 0 Å². The lowest BCUT2D eigenvalue weighted by atomic mass is 10.0. The summed E-state index contributed by atoms with van der Waals surface area (Å²) < 4.78 is 1.74. The maximum Gasteiger partial charge on any atom is 0.157 e. The zero-order chi connectivity index (χ0) is 16.6. The molecule has 0 radical (unpaired) electrons. The molecule has 6 heteroatoms. The molecule has 0 fully saturated rings. The second-order valence-electron chi connectivity index (χ2n) is 5.81. The molecule has 2 atom stereocenters. The van der Waals surface area contributed by atoms with Crippen LogP contribution in [0.4, 0.5) is 5.82 Å². The van der Waals surface area contributed by atoms with E-state index in [1.807, 2.05) is 32.9 Å². The molecule has 0 spiro atoms. The number of aromatic hydroxyl groups is 1. The maximum atomic E-state index is 10.5. The Bertz CT molecular complexity index is 826.